The van der Waals surface area contributed by atoms with Gasteiger partial charge in [-0.3, -0.25) is 4.79 Å². The van der Waals surface area contributed by atoms with Crippen molar-refractivity contribution in [1.82, 2.24) is 0 Å². The fourth-order valence-electron chi connectivity index (χ4n) is 2.35. The highest BCUT2D eigenvalue weighted by Gasteiger charge is 1.95. The molecule has 0 spiro atoms. The first-order valence-corrected chi connectivity index (χ1v) is 9.98. The molecule has 0 N–H and O–H groups in total. The number of rotatable bonds is 16. The maximum atomic E-state index is 10.9. The minimum atomic E-state index is -0.133. The van der Waals surface area contributed by atoms with Gasteiger partial charge in [0.25, 0.3) is 0 Å². The molecule has 0 saturated heterocycles. The minimum Gasteiger partial charge on any atom is -0.469 e. The zero-order chi connectivity index (χ0) is 18.4. The van der Waals surface area contributed by atoms with E-state index < -0.39 is 0 Å². The van der Waals surface area contributed by atoms with E-state index in [1.807, 2.05) is 0 Å². The highest BCUT2D eigenvalue weighted by Crippen LogP contribution is 2.04. The lowest BCUT2D eigenvalue weighted by Gasteiger charge is -1.95. The molecule has 0 unspecified atom stereocenters. The van der Waals surface area contributed by atoms with Gasteiger partial charge in [-0.05, 0) is 57.8 Å². The molecule has 2 heteroatoms. The molecule has 0 radical (unpaired) electrons. The van der Waals surface area contributed by atoms with Crippen molar-refractivity contribution in [3.63, 3.8) is 0 Å². The molecule has 0 fully saturated rings. The summed E-state index contributed by atoms with van der Waals surface area (Å²) in [5.41, 5.74) is 0. The van der Waals surface area contributed by atoms with E-state index in [0.29, 0.717) is 6.42 Å². The fraction of sp³-hybridized carbons (Fsp3) is 0.609. The van der Waals surface area contributed by atoms with Crippen molar-refractivity contribution in [2.45, 2.75) is 84.0 Å². The lowest BCUT2D eigenvalue weighted by molar-refractivity contribution is -0.140. The molecule has 0 aliphatic heterocycles. The Hall–Kier alpha value is -1.57. The Morgan fingerprint density at radius 1 is 0.680 bits per heavy atom. The van der Waals surface area contributed by atoms with Crippen LogP contribution >= 0.6 is 0 Å². The fourth-order valence-corrected chi connectivity index (χ4v) is 2.35. The summed E-state index contributed by atoms with van der Waals surface area (Å²) >= 11 is 0. The van der Waals surface area contributed by atoms with Crippen molar-refractivity contribution in [2.24, 2.45) is 0 Å². The predicted molar refractivity (Wildman–Crippen MR) is 110 cm³/mol. The number of hydrogen-bond donors (Lipinski definition) is 0. The molecule has 2 nitrogen and oxygen atoms in total. The van der Waals surface area contributed by atoms with Crippen LogP contribution in [0.3, 0.4) is 0 Å². The van der Waals surface area contributed by atoms with E-state index in [4.69, 9.17) is 0 Å². The molecule has 0 heterocycles. The summed E-state index contributed by atoms with van der Waals surface area (Å²) in [7, 11) is 1.43. The molecule has 0 aromatic heterocycles. The van der Waals surface area contributed by atoms with Crippen molar-refractivity contribution >= 4 is 5.97 Å². The largest absolute Gasteiger partial charge is 0.469 e. The van der Waals surface area contributed by atoms with Crippen LogP contribution in [0.15, 0.2) is 48.6 Å². The lowest BCUT2D eigenvalue weighted by Crippen LogP contribution is -1.97. The van der Waals surface area contributed by atoms with Gasteiger partial charge in [-0.1, -0.05) is 68.4 Å². The number of methoxy groups -OCH3 is 1. The monoisotopic (exact) mass is 346 g/mol. The Balaban J connectivity index is 3.36. The van der Waals surface area contributed by atoms with Crippen LogP contribution in [0.25, 0.3) is 0 Å². The molecule has 0 aliphatic rings. The number of esters is 1. The molecule has 0 aromatic rings. The molecule has 0 amide bonds. The SMILES string of the molecule is CCCCC/C=C/C/C=C/C/C=C/CCCC/C=C/CCC(=O)OC. The van der Waals surface area contributed by atoms with E-state index in [0.717, 1.165) is 32.1 Å². The van der Waals surface area contributed by atoms with Crippen molar-refractivity contribution in [3.05, 3.63) is 48.6 Å². The van der Waals surface area contributed by atoms with Crippen molar-refractivity contribution in [2.75, 3.05) is 7.11 Å². The third kappa shape index (κ3) is 20.4. The minimum absolute atomic E-state index is 0.133. The molecule has 142 valence electrons. The topological polar surface area (TPSA) is 26.3 Å². The van der Waals surface area contributed by atoms with E-state index in [1.54, 1.807) is 0 Å². The predicted octanol–water partition coefficient (Wildman–Crippen LogP) is 7.09. The molecular weight excluding hydrogens is 308 g/mol. The van der Waals surface area contributed by atoms with Gasteiger partial charge in [0.15, 0.2) is 0 Å². The Morgan fingerprint density at radius 3 is 1.64 bits per heavy atom. The van der Waals surface area contributed by atoms with E-state index >= 15 is 0 Å². The van der Waals surface area contributed by atoms with Gasteiger partial charge in [-0.2, -0.15) is 0 Å². The Labute approximate surface area is 155 Å². The van der Waals surface area contributed by atoms with Gasteiger partial charge in [-0.15, -0.1) is 0 Å². The van der Waals surface area contributed by atoms with Gasteiger partial charge in [0, 0.05) is 6.42 Å². The normalized spacial score (nSPS) is 12.2. The Kier molecular flexibility index (Phi) is 19.2. The summed E-state index contributed by atoms with van der Waals surface area (Å²) in [5, 5.41) is 0. The number of carbonyl (C=O) groups is 1. The molecule has 0 saturated carbocycles. The standard InChI is InChI=1S/C23H38O2/c1-3-4-5-6-7-8-9-10-11-12-13-14-15-16-17-18-19-20-21-22-23(24)25-2/h7-8,10-11,13-14,19-20H,3-6,9,12,15-18,21-22H2,1-2H3/b8-7+,11-10+,14-13+,20-19+. The molecule has 25 heavy (non-hydrogen) atoms. The van der Waals surface area contributed by atoms with E-state index in [9.17, 15) is 4.79 Å². The first-order valence-electron chi connectivity index (χ1n) is 9.98. The Morgan fingerprint density at radius 2 is 1.12 bits per heavy atom. The zero-order valence-corrected chi connectivity index (χ0v) is 16.4. The molecule has 0 bridgehead atoms. The lowest BCUT2D eigenvalue weighted by atomic mass is 10.1. The summed E-state index contributed by atoms with van der Waals surface area (Å²) in [5.74, 6) is -0.133. The third-order valence-corrected chi connectivity index (χ3v) is 3.92. The highest BCUT2D eigenvalue weighted by molar-refractivity contribution is 5.69. The first-order chi connectivity index (χ1) is 12.3. The average molecular weight is 347 g/mol. The van der Waals surface area contributed by atoms with E-state index in [1.165, 1.54) is 45.6 Å². The second-order valence-electron chi connectivity index (χ2n) is 6.25. The van der Waals surface area contributed by atoms with Crippen LogP contribution in [0.2, 0.25) is 0 Å². The van der Waals surface area contributed by atoms with Gasteiger partial charge in [0.2, 0.25) is 0 Å². The summed E-state index contributed by atoms with van der Waals surface area (Å²) < 4.78 is 4.60. The second-order valence-corrected chi connectivity index (χ2v) is 6.25. The van der Waals surface area contributed by atoms with Crippen molar-refractivity contribution < 1.29 is 9.53 Å². The van der Waals surface area contributed by atoms with Crippen molar-refractivity contribution in [3.8, 4) is 0 Å². The summed E-state index contributed by atoms with van der Waals surface area (Å²) in [6.07, 6.45) is 31.1. The van der Waals surface area contributed by atoms with E-state index in [2.05, 4.69) is 60.3 Å². The van der Waals surface area contributed by atoms with Gasteiger partial charge >= 0.3 is 5.97 Å². The first kappa shape index (κ1) is 23.4. The summed E-state index contributed by atoms with van der Waals surface area (Å²) in [6.45, 7) is 2.24. The van der Waals surface area contributed by atoms with Crippen LogP contribution in [0.5, 0.6) is 0 Å². The number of allylic oxidation sites excluding steroid dienone is 8. The Bertz CT molecular complexity index is 402. The average Bonchev–Trinajstić information content (AvgIpc) is 2.63. The molecule has 0 aromatic carbocycles. The van der Waals surface area contributed by atoms with Gasteiger partial charge in [0.05, 0.1) is 7.11 Å². The van der Waals surface area contributed by atoms with Crippen molar-refractivity contribution in [1.29, 1.82) is 0 Å². The summed E-state index contributed by atoms with van der Waals surface area (Å²) in [6, 6.07) is 0. The second kappa shape index (κ2) is 20.5. The maximum Gasteiger partial charge on any atom is 0.305 e. The van der Waals surface area contributed by atoms with Gasteiger partial charge < -0.3 is 4.74 Å². The van der Waals surface area contributed by atoms with Crippen LogP contribution in [0, 0.1) is 0 Å². The van der Waals surface area contributed by atoms with Crippen LogP contribution in [0.1, 0.15) is 84.0 Å². The zero-order valence-electron chi connectivity index (χ0n) is 16.4. The van der Waals surface area contributed by atoms with Gasteiger partial charge in [0.1, 0.15) is 0 Å². The molecule has 0 rings (SSSR count). The quantitative estimate of drug-likeness (QED) is 0.169. The maximum absolute atomic E-state index is 10.9. The van der Waals surface area contributed by atoms with E-state index in [-0.39, 0.29) is 5.97 Å². The van der Waals surface area contributed by atoms with Crippen LogP contribution in [0.4, 0.5) is 0 Å². The third-order valence-electron chi connectivity index (χ3n) is 3.92. The highest BCUT2D eigenvalue weighted by atomic mass is 16.5. The van der Waals surface area contributed by atoms with Crippen LogP contribution in [-0.4, -0.2) is 13.1 Å². The molecular formula is C23H38O2. The number of ether oxygens (including phenoxy) is 1. The number of hydrogen-bond acceptors (Lipinski definition) is 2. The van der Waals surface area contributed by atoms with Crippen LogP contribution in [-0.2, 0) is 9.53 Å². The van der Waals surface area contributed by atoms with Gasteiger partial charge in [-0.25, -0.2) is 0 Å². The van der Waals surface area contributed by atoms with Crippen LogP contribution < -0.4 is 0 Å². The molecule has 0 aliphatic carbocycles. The smallest absolute Gasteiger partial charge is 0.305 e. The molecule has 0 atom stereocenters. The number of unbranched alkanes of at least 4 members (excludes halogenated alkanes) is 6. The summed E-state index contributed by atoms with van der Waals surface area (Å²) in [4.78, 5) is 10.9. The number of carbonyl (C=O) groups excluding carboxylic acids is 1.